The Morgan fingerprint density at radius 1 is 1.48 bits per heavy atom. The number of carbonyl (C=O) groups excluding carboxylic acids is 1. The number of aromatic nitrogens is 5. The maximum absolute atomic E-state index is 12.3. The molecule has 0 saturated heterocycles. The van der Waals surface area contributed by atoms with Crippen LogP contribution in [0.25, 0.3) is 0 Å². The SMILES string of the molecule is C[C@H](NC(=O)c1cc(C2CC2)[nH]n1)c1nnc2n1CCC2. The molecule has 3 heterocycles. The first-order valence-corrected chi connectivity index (χ1v) is 7.50. The fraction of sp³-hybridized carbons (Fsp3) is 0.571. The smallest absolute Gasteiger partial charge is 0.272 e. The Morgan fingerprint density at radius 2 is 2.33 bits per heavy atom. The molecule has 2 aromatic rings. The van der Waals surface area contributed by atoms with Crippen molar-refractivity contribution in [3.8, 4) is 0 Å². The summed E-state index contributed by atoms with van der Waals surface area (Å²) >= 11 is 0. The Hall–Kier alpha value is -2.18. The van der Waals surface area contributed by atoms with Gasteiger partial charge in [-0.25, -0.2) is 0 Å². The van der Waals surface area contributed by atoms with Gasteiger partial charge in [-0.05, 0) is 32.3 Å². The molecule has 1 amide bonds. The van der Waals surface area contributed by atoms with Gasteiger partial charge in [0.2, 0.25) is 0 Å². The van der Waals surface area contributed by atoms with Crippen molar-refractivity contribution in [3.63, 3.8) is 0 Å². The van der Waals surface area contributed by atoms with Crippen molar-refractivity contribution in [2.24, 2.45) is 0 Å². The van der Waals surface area contributed by atoms with Crippen LogP contribution in [0.1, 0.15) is 66.0 Å². The molecule has 110 valence electrons. The van der Waals surface area contributed by atoms with E-state index in [1.54, 1.807) is 0 Å². The molecule has 1 aliphatic carbocycles. The number of aromatic amines is 1. The van der Waals surface area contributed by atoms with Gasteiger partial charge in [-0.2, -0.15) is 5.10 Å². The molecule has 0 unspecified atom stereocenters. The Balaban J connectivity index is 1.47. The summed E-state index contributed by atoms with van der Waals surface area (Å²) in [5, 5.41) is 18.4. The number of hydrogen-bond donors (Lipinski definition) is 2. The maximum atomic E-state index is 12.3. The van der Waals surface area contributed by atoms with Crippen LogP contribution in [0.3, 0.4) is 0 Å². The molecule has 2 aromatic heterocycles. The summed E-state index contributed by atoms with van der Waals surface area (Å²) in [6.07, 6.45) is 4.44. The van der Waals surface area contributed by atoms with Crippen LogP contribution in [0.5, 0.6) is 0 Å². The molecule has 1 aliphatic heterocycles. The molecule has 7 heteroatoms. The lowest BCUT2D eigenvalue weighted by molar-refractivity contribution is 0.0932. The number of fused-ring (bicyclic) bond motifs is 1. The minimum atomic E-state index is -0.169. The second-order valence-corrected chi connectivity index (χ2v) is 5.91. The van der Waals surface area contributed by atoms with Gasteiger partial charge in [0.05, 0.1) is 6.04 Å². The molecular formula is C14H18N6O. The van der Waals surface area contributed by atoms with Gasteiger partial charge in [0.25, 0.3) is 5.91 Å². The van der Waals surface area contributed by atoms with Gasteiger partial charge in [-0.1, -0.05) is 0 Å². The summed E-state index contributed by atoms with van der Waals surface area (Å²) in [4.78, 5) is 12.3. The zero-order valence-corrected chi connectivity index (χ0v) is 12.0. The van der Waals surface area contributed by atoms with Gasteiger partial charge in [0, 0.05) is 24.6 Å². The van der Waals surface area contributed by atoms with Gasteiger partial charge in [0.15, 0.2) is 5.82 Å². The fourth-order valence-corrected chi connectivity index (χ4v) is 2.88. The highest BCUT2D eigenvalue weighted by Gasteiger charge is 2.27. The van der Waals surface area contributed by atoms with E-state index in [4.69, 9.17) is 0 Å². The molecule has 2 N–H and O–H groups in total. The topological polar surface area (TPSA) is 88.5 Å². The van der Waals surface area contributed by atoms with Crippen LogP contribution in [-0.2, 0) is 13.0 Å². The summed E-state index contributed by atoms with van der Waals surface area (Å²) in [5.74, 6) is 2.24. The van der Waals surface area contributed by atoms with E-state index in [0.717, 1.165) is 36.7 Å². The molecule has 1 fully saturated rings. The zero-order valence-electron chi connectivity index (χ0n) is 12.0. The second kappa shape index (κ2) is 4.68. The van der Waals surface area contributed by atoms with E-state index >= 15 is 0 Å². The van der Waals surface area contributed by atoms with Crippen LogP contribution in [0.4, 0.5) is 0 Å². The molecule has 21 heavy (non-hydrogen) atoms. The van der Waals surface area contributed by atoms with Crippen molar-refractivity contribution in [3.05, 3.63) is 29.1 Å². The Morgan fingerprint density at radius 3 is 3.14 bits per heavy atom. The van der Waals surface area contributed by atoms with Crippen molar-refractivity contribution in [1.82, 2.24) is 30.3 Å². The third-order valence-corrected chi connectivity index (χ3v) is 4.22. The first kappa shape index (κ1) is 12.6. The van der Waals surface area contributed by atoms with Crippen molar-refractivity contribution < 1.29 is 4.79 Å². The van der Waals surface area contributed by atoms with Crippen molar-refractivity contribution in [2.75, 3.05) is 0 Å². The molecule has 1 atom stereocenters. The molecule has 4 rings (SSSR count). The van der Waals surface area contributed by atoms with E-state index < -0.39 is 0 Å². The molecule has 7 nitrogen and oxygen atoms in total. The summed E-state index contributed by atoms with van der Waals surface area (Å²) in [7, 11) is 0. The monoisotopic (exact) mass is 286 g/mol. The quantitative estimate of drug-likeness (QED) is 0.887. The number of carbonyl (C=O) groups is 1. The van der Waals surface area contributed by atoms with E-state index in [2.05, 4.69) is 30.3 Å². The summed E-state index contributed by atoms with van der Waals surface area (Å²) in [6.45, 7) is 2.87. The average Bonchev–Trinajstić information content (AvgIpc) is 2.92. The normalized spacial score (nSPS) is 18.5. The molecule has 0 bridgehead atoms. The lowest BCUT2D eigenvalue weighted by Crippen LogP contribution is -2.29. The Labute approximate surface area is 122 Å². The van der Waals surface area contributed by atoms with Gasteiger partial charge in [-0.3, -0.25) is 9.89 Å². The number of rotatable bonds is 4. The van der Waals surface area contributed by atoms with E-state index in [1.165, 1.54) is 12.8 Å². The number of H-pyrrole nitrogens is 1. The van der Waals surface area contributed by atoms with Crippen LogP contribution in [0.15, 0.2) is 6.07 Å². The third kappa shape index (κ3) is 2.22. The van der Waals surface area contributed by atoms with Gasteiger partial charge >= 0.3 is 0 Å². The van der Waals surface area contributed by atoms with Gasteiger partial charge in [0.1, 0.15) is 11.5 Å². The maximum Gasteiger partial charge on any atom is 0.272 e. The largest absolute Gasteiger partial charge is 0.341 e. The van der Waals surface area contributed by atoms with Gasteiger partial charge < -0.3 is 9.88 Å². The molecule has 0 spiro atoms. The number of nitrogens with zero attached hydrogens (tertiary/aromatic N) is 4. The Kier molecular flexibility index (Phi) is 2.80. The van der Waals surface area contributed by atoms with Crippen LogP contribution in [0.2, 0.25) is 0 Å². The number of aryl methyl sites for hydroxylation is 1. The van der Waals surface area contributed by atoms with Crippen molar-refractivity contribution >= 4 is 5.91 Å². The zero-order chi connectivity index (χ0) is 14.4. The first-order valence-electron chi connectivity index (χ1n) is 7.50. The van der Waals surface area contributed by atoms with Crippen LogP contribution in [0, 0.1) is 0 Å². The Bertz CT molecular complexity index is 683. The minimum Gasteiger partial charge on any atom is -0.341 e. The number of amides is 1. The van der Waals surface area contributed by atoms with E-state index in [-0.39, 0.29) is 11.9 Å². The molecule has 0 aromatic carbocycles. The lowest BCUT2D eigenvalue weighted by atomic mass is 10.2. The predicted molar refractivity (Wildman–Crippen MR) is 74.8 cm³/mol. The van der Waals surface area contributed by atoms with E-state index in [0.29, 0.717) is 11.6 Å². The molecule has 1 saturated carbocycles. The predicted octanol–water partition coefficient (Wildman–Crippen LogP) is 1.32. The number of hydrogen-bond acceptors (Lipinski definition) is 4. The van der Waals surface area contributed by atoms with Crippen molar-refractivity contribution in [2.45, 2.75) is 51.1 Å². The van der Waals surface area contributed by atoms with Crippen LogP contribution >= 0.6 is 0 Å². The highest BCUT2D eigenvalue weighted by atomic mass is 16.2. The summed E-state index contributed by atoms with van der Waals surface area (Å²) in [5.41, 5.74) is 1.51. The highest BCUT2D eigenvalue weighted by Crippen LogP contribution is 2.39. The minimum absolute atomic E-state index is 0.166. The lowest BCUT2D eigenvalue weighted by Gasteiger charge is -2.12. The van der Waals surface area contributed by atoms with Crippen LogP contribution < -0.4 is 5.32 Å². The standard InChI is InChI=1S/C14H18N6O/c1-8(13-19-18-12-3-2-6-20(12)13)15-14(21)11-7-10(16-17-11)9-4-5-9/h7-9H,2-6H2,1H3,(H,15,21)(H,16,17)/t8-/m0/s1. The summed E-state index contributed by atoms with van der Waals surface area (Å²) in [6, 6.07) is 1.69. The average molecular weight is 286 g/mol. The number of nitrogens with one attached hydrogen (secondary N) is 2. The van der Waals surface area contributed by atoms with Crippen LogP contribution in [-0.4, -0.2) is 30.9 Å². The molecular weight excluding hydrogens is 268 g/mol. The first-order chi connectivity index (χ1) is 10.2. The van der Waals surface area contributed by atoms with E-state index in [1.807, 2.05) is 13.0 Å². The highest BCUT2D eigenvalue weighted by molar-refractivity contribution is 5.92. The van der Waals surface area contributed by atoms with Gasteiger partial charge in [-0.15, -0.1) is 10.2 Å². The summed E-state index contributed by atoms with van der Waals surface area (Å²) < 4.78 is 2.10. The molecule has 2 aliphatic rings. The third-order valence-electron chi connectivity index (χ3n) is 4.22. The fourth-order valence-electron chi connectivity index (χ4n) is 2.88. The van der Waals surface area contributed by atoms with E-state index in [9.17, 15) is 4.79 Å². The van der Waals surface area contributed by atoms with Crippen molar-refractivity contribution in [1.29, 1.82) is 0 Å². The molecule has 0 radical (unpaired) electrons. The second-order valence-electron chi connectivity index (χ2n) is 5.91.